The molecule has 0 atom stereocenters. The predicted molar refractivity (Wildman–Crippen MR) is 102 cm³/mol. The van der Waals surface area contributed by atoms with Crippen molar-refractivity contribution in [1.29, 1.82) is 0 Å². The first-order valence-corrected chi connectivity index (χ1v) is 8.13. The van der Waals surface area contributed by atoms with Gasteiger partial charge >= 0.3 is 0 Å². The van der Waals surface area contributed by atoms with E-state index in [1.807, 2.05) is 0 Å². The van der Waals surface area contributed by atoms with Gasteiger partial charge in [-0.2, -0.15) is 0 Å². The van der Waals surface area contributed by atoms with Crippen molar-refractivity contribution in [1.82, 2.24) is 9.97 Å². The largest absolute Gasteiger partial charge is 0.507 e. The molecule has 2 heterocycles. The smallest absolute Gasteiger partial charge is 0.252 e. The zero-order valence-corrected chi connectivity index (χ0v) is 14.6. The van der Waals surface area contributed by atoms with Gasteiger partial charge in [-0.05, 0) is 30.3 Å². The fourth-order valence-corrected chi connectivity index (χ4v) is 2.91. The molecule has 0 aliphatic rings. The summed E-state index contributed by atoms with van der Waals surface area (Å²) < 4.78 is 0. The molecule has 0 aliphatic carbocycles. The molecule has 0 unspecified atom stereocenters. The van der Waals surface area contributed by atoms with Crippen LogP contribution < -0.4 is 11.1 Å². The van der Waals surface area contributed by atoms with E-state index < -0.39 is 0 Å². The van der Waals surface area contributed by atoms with E-state index in [-0.39, 0.29) is 22.6 Å². The van der Waals surface area contributed by atoms with Gasteiger partial charge in [-0.25, -0.2) is 0 Å². The topological polar surface area (TPSA) is 106 Å². The molecule has 4 aromatic rings. The van der Waals surface area contributed by atoms with Crippen LogP contribution >= 0.6 is 23.2 Å². The highest BCUT2D eigenvalue weighted by molar-refractivity contribution is 6.35. The summed E-state index contributed by atoms with van der Waals surface area (Å²) in [4.78, 5) is 27.1. The minimum absolute atomic E-state index is 0.0320. The lowest BCUT2D eigenvalue weighted by Gasteiger charge is -2.01. The molecule has 0 saturated heterocycles. The first-order chi connectivity index (χ1) is 12.3. The molecule has 4 rings (SSSR count). The second-order valence-electron chi connectivity index (χ2n) is 5.39. The third-order valence-corrected chi connectivity index (χ3v) is 4.13. The number of aromatic amines is 2. The molecular formula is C18H12Cl2N2O4. The Kier molecular flexibility index (Phi) is 4.88. The fourth-order valence-electron chi connectivity index (χ4n) is 2.47. The fraction of sp³-hybridized carbons (Fsp3) is 0. The summed E-state index contributed by atoms with van der Waals surface area (Å²) in [6.45, 7) is 0. The number of hydrogen-bond donors (Lipinski definition) is 4. The second kappa shape index (κ2) is 7.11. The quantitative estimate of drug-likeness (QED) is 0.366. The third kappa shape index (κ3) is 3.66. The standard InChI is InChI=1S/2C9H6ClNO2/c10-5-1-2-6-7(3-5)11-9(13)4-8(6)12;10-5-2-1-3-6-9(5)7(12)4-8(13)11-6/h2*1-4H,(H2,11,12,13). The highest BCUT2D eigenvalue weighted by Crippen LogP contribution is 2.28. The van der Waals surface area contributed by atoms with Crippen LogP contribution in [0.4, 0.5) is 0 Å². The minimum Gasteiger partial charge on any atom is -0.507 e. The molecule has 0 spiro atoms. The van der Waals surface area contributed by atoms with Crippen LogP contribution in [-0.4, -0.2) is 20.2 Å². The summed E-state index contributed by atoms with van der Waals surface area (Å²) >= 11 is 11.6. The van der Waals surface area contributed by atoms with E-state index in [9.17, 15) is 19.8 Å². The number of benzene rings is 2. The number of halogens is 2. The number of pyridine rings is 2. The van der Waals surface area contributed by atoms with Crippen LogP contribution in [0.2, 0.25) is 10.0 Å². The van der Waals surface area contributed by atoms with E-state index in [0.717, 1.165) is 12.1 Å². The Bertz CT molecular complexity index is 1220. The van der Waals surface area contributed by atoms with Crippen molar-refractivity contribution in [3.05, 3.63) is 79.3 Å². The summed E-state index contributed by atoms with van der Waals surface area (Å²) in [6, 6.07) is 12.2. The average Bonchev–Trinajstić information content (AvgIpc) is 2.54. The van der Waals surface area contributed by atoms with Gasteiger partial charge in [0.15, 0.2) is 0 Å². The van der Waals surface area contributed by atoms with Crippen molar-refractivity contribution < 1.29 is 10.2 Å². The van der Waals surface area contributed by atoms with Crippen LogP contribution in [-0.2, 0) is 0 Å². The molecule has 26 heavy (non-hydrogen) atoms. The van der Waals surface area contributed by atoms with E-state index in [1.165, 1.54) is 0 Å². The lowest BCUT2D eigenvalue weighted by molar-refractivity contribution is 0.480. The predicted octanol–water partition coefficient (Wildman–Crippen LogP) is 3.77. The zero-order chi connectivity index (χ0) is 18.8. The van der Waals surface area contributed by atoms with Gasteiger partial charge in [-0.3, -0.25) is 9.59 Å². The maximum atomic E-state index is 11.0. The highest BCUT2D eigenvalue weighted by atomic mass is 35.5. The van der Waals surface area contributed by atoms with Crippen LogP contribution in [0, 0.1) is 0 Å². The molecule has 2 aromatic carbocycles. The maximum absolute atomic E-state index is 11.0. The summed E-state index contributed by atoms with van der Waals surface area (Å²) in [5.74, 6) is -0.125. The van der Waals surface area contributed by atoms with Gasteiger partial charge in [0, 0.05) is 22.5 Å². The molecule has 2 aromatic heterocycles. The Hall–Kier alpha value is -2.96. The summed E-state index contributed by atoms with van der Waals surface area (Å²) in [5.41, 5.74) is 0.398. The Morgan fingerprint density at radius 1 is 0.769 bits per heavy atom. The Morgan fingerprint density at radius 3 is 2.15 bits per heavy atom. The first-order valence-electron chi connectivity index (χ1n) is 7.37. The molecule has 6 nitrogen and oxygen atoms in total. The summed E-state index contributed by atoms with van der Waals surface area (Å²) in [5, 5.41) is 20.8. The molecule has 4 N–H and O–H groups in total. The highest BCUT2D eigenvalue weighted by Gasteiger charge is 2.04. The van der Waals surface area contributed by atoms with Gasteiger partial charge in [0.2, 0.25) is 0 Å². The zero-order valence-electron chi connectivity index (χ0n) is 13.1. The Balaban J connectivity index is 0.000000151. The van der Waals surface area contributed by atoms with Gasteiger partial charge in [0.05, 0.1) is 21.4 Å². The number of rotatable bonds is 0. The molecule has 0 saturated carbocycles. The van der Waals surface area contributed by atoms with Gasteiger partial charge in [0.1, 0.15) is 11.5 Å². The lowest BCUT2D eigenvalue weighted by Crippen LogP contribution is -2.02. The van der Waals surface area contributed by atoms with Gasteiger partial charge in [0.25, 0.3) is 11.1 Å². The van der Waals surface area contributed by atoms with Crippen molar-refractivity contribution in [2.45, 2.75) is 0 Å². The number of H-pyrrole nitrogens is 2. The van der Waals surface area contributed by atoms with Crippen molar-refractivity contribution in [2.75, 3.05) is 0 Å². The van der Waals surface area contributed by atoms with Crippen molar-refractivity contribution >= 4 is 45.0 Å². The summed E-state index contributed by atoms with van der Waals surface area (Å²) in [6.07, 6.45) is 0. The maximum Gasteiger partial charge on any atom is 0.252 e. The van der Waals surface area contributed by atoms with E-state index in [2.05, 4.69) is 9.97 Å². The van der Waals surface area contributed by atoms with Gasteiger partial charge in [-0.1, -0.05) is 29.3 Å². The van der Waals surface area contributed by atoms with Gasteiger partial charge in [-0.15, -0.1) is 0 Å². The molecule has 0 radical (unpaired) electrons. The lowest BCUT2D eigenvalue weighted by atomic mass is 10.2. The molecular weight excluding hydrogens is 379 g/mol. The van der Waals surface area contributed by atoms with Crippen molar-refractivity contribution in [3.8, 4) is 11.5 Å². The first kappa shape index (κ1) is 17.8. The molecule has 0 fully saturated rings. The molecule has 132 valence electrons. The van der Waals surface area contributed by atoms with Crippen LogP contribution in [0.15, 0.2) is 58.1 Å². The Labute approximate surface area is 156 Å². The third-order valence-electron chi connectivity index (χ3n) is 3.58. The molecule has 0 aliphatic heterocycles. The van der Waals surface area contributed by atoms with E-state index in [4.69, 9.17) is 23.2 Å². The minimum atomic E-state index is -0.340. The summed E-state index contributed by atoms with van der Waals surface area (Å²) in [7, 11) is 0. The van der Waals surface area contributed by atoms with Crippen LogP contribution in [0.25, 0.3) is 21.8 Å². The number of nitrogens with one attached hydrogen (secondary N) is 2. The SMILES string of the molecule is O=c1cc(O)c2c(Cl)cccc2[nH]1.O=c1cc(O)c2ccc(Cl)cc2[nH]1. The normalized spacial score (nSPS) is 10.5. The van der Waals surface area contributed by atoms with Crippen LogP contribution in [0.5, 0.6) is 11.5 Å². The Morgan fingerprint density at radius 2 is 1.42 bits per heavy atom. The molecule has 0 amide bonds. The van der Waals surface area contributed by atoms with E-state index in [0.29, 0.717) is 31.9 Å². The number of aromatic nitrogens is 2. The van der Waals surface area contributed by atoms with Gasteiger partial charge < -0.3 is 20.2 Å². The van der Waals surface area contributed by atoms with Crippen molar-refractivity contribution in [2.24, 2.45) is 0 Å². The number of aromatic hydroxyl groups is 2. The van der Waals surface area contributed by atoms with E-state index in [1.54, 1.807) is 36.4 Å². The van der Waals surface area contributed by atoms with Crippen LogP contribution in [0.3, 0.4) is 0 Å². The molecule has 0 bridgehead atoms. The average molecular weight is 391 g/mol. The number of fused-ring (bicyclic) bond motifs is 2. The van der Waals surface area contributed by atoms with Crippen LogP contribution in [0.1, 0.15) is 0 Å². The molecule has 8 heteroatoms. The van der Waals surface area contributed by atoms with E-state index >= 15 is 0 Å². The monoisotopic (exact) mass is 390 g/mol. The number of hydrogen-bond acceptors (Lipinski definition) is 4. The van der Waals surface area contributed by atoms with Crippen molar-refractivity contribution in [3.63, 3.8) is 0 Å². The second-order valence-corrected chi connectivity index (χ2v) is 6.23.